The Morgan fingerprint density at radius 2 is 1.65 bits per heavy atom. The van der Waals surface area contributed by atoms with Crippen LogP contribution >= 0.6 is 0 Å². The van der Waals surface area contributed by atoms with E-state index in [2.05, 4.69) is 0 Å². The minimum atomic E-state index is -0.967. The van der Waals surface area contributed by atoms with Crippen molar-refractivity contribution in [3.05, 3.63) is 71.9 Å². The number of nitrogens with zero attached hydrogens (tertiary/aromatic N) is 1. The molecule has 1 heterocycles. The van der Waals surface area contributed by atoms with Gasteiger partial charge in [-0.15, -0.1) is 0 Å². The van der Waals surface area contributed by atoms with Gasteiger partial charge in [-0.05, 0) is 43.2 Å². The lowest BCUT2D eigenvalue weighted by Crippen LogP contribution is -2.45. The number of hydrogen-bond donors (Lipinski definition) is 0. The highest BCUT2D eigenvalue weighted by Gasteiger charge is 2.46. The summed E-state index contributed by atoms with van der Waals surface area (Å²) in [5, 5.41) is 0. The van der Waals surface area contributed by atoms with Crippen molar-refractivity contribution in [3.63, 3.8) is 0 Å². The monoisotopic (exact) mass is 351 g/mol. The maximum absolute atomic E-state index is 12.8. The van der Waals surface area contributed by atoms with Gasteiger partial charge in [-0.25, -0.2) is 4.79 Å². The number of rotatable bonds is 3. The highest BCUT2D eigenvalue weighted by molar-refractivity contribution is 5.81. The Hall–Kier alpha value is -3.08. The molecule has 0 saturated heterocycles. The van der Waals surface area contributed by atoms with E-state index in [1.165, 1.54) is 12.0 Å². The van der Waals surface area contributed by atoms with Crippen molar-refractivity contribution >= 4 is 18.1 Å². The van der Waals surface area contributed by atoms with E-state index < -0.39 is 23.5 Å². The molecule has 0 aromatic heterocycles. The molecule has 0 radical (unpaired) electrons. The molecule has 1 aliphatic heterocycles. The summed E-state index contributed by atoms with van der Waals surface area (Å²) in [5.41, 5.74) is 0.861. The Morgan fingerprint density at radius 1 is 1.00 bits per heavy atom. The van der Waals surface area contributed by atoms with Gasteiger partial charge < -0.3 is 9.47 Å². The molecule has 1 atom stereocenters. The Balaban J connectivity index is 2.00. The molecule has 3 rings (SSSR count). The highest BCUT2D eigenvalue weighted by Crippen LogP contribution is 2.43. The van der Waals surface area contributed by atoms with E-state index in [9.17, 15) is 9.59 Å². The highest BCUT2D eigenvalue weighted by atomic mass is 16.6. The first-order chi connectivity index (χ1) is 12.4. The molecule has 5 heteroatoms. The van der Waals surface area contributed by atoms with E-state index in [-0.39, 0.29) is 0 Å². The van der Waals surface area contributed by atoms with Crippen LogP contribution < -0.4 is 4.74 Å². The first-order valence-corrected chi connectivity index (χ1v) is 8.36. The number of carbonyl (C=O) groups is 2. The molecule has 1 aliphatic rings. The predicted molar refractivity (Wildman–Crippen MR) is 98.3 cm³/mol. The first kappa shape index (κ1) is 17.7. The van der Waals surface area contributed by atoms with Crippen LogP contribution in [0, 0.1) is 5.41 Å². The summed E-state index contributed by atoms with van der Waals surface area (Å²) in [6.07, 6.45) is 2.94. The SMILES string of the molecule is COC(=O)C(C)(C)[C@H]1c2ccccc2C=CN1C(=O)Oc1ccccc1. The van der Waals surface area contributed by atoms with Gasteiger partial charge in [-0.1, -0.05) is 42.5 Å². The number of ether oxygens (including phenoxy) is 2. The van der Waals surface area contributed by atoms with Gasteiger partial charge in [0, 0.05) is 6.20 Å². The molecule has 0 N–H and O–H groups in total. The number of carbonyl (C=O) groups excluding carboxylic acids is 2. The largest absolute Gasteiger partial charge is 0.469 e. The Kier molecular flexibility index (Phi) is 4.80. The fourth-order valence-corrected chi connectivity index (χ4v) is 3.23. The third kappa shape index (κ3) is 3.20. The second-order valence-electron chi connectivity index (χ2n) is 6.65. The molecular formula is C21H21NO4. The van der Waals surface area contributed by atoms with Gasteiger partial charge in [0.2, 0.25) is 0 Å². The zero-order valence-electron chi connectivity index (χ0n) is 15.0. The molecule has 26 heavy (non-hydrogen) atoms. The van der Waals surface area contributed by atoms with Crippen LogP contribution in [0.4, 0.5) is 4.79 Å². The molecule has 0 aliphatic carbocycles. The summed E-state index contributed by atoms with van der Waals surface area (Å²) < 4.78 is 10.5. The number of para-hydroxylation sites is 1. The fourth-order valence-electron chi connectivity index (χ4n) is 3.23. The molecule has 134 valence electrons. The standard InChI is InChI=1S/C21H21NO4/c1-21(2,19(23)25-3)18-17-12-8-7-9-15(17)13-14-22(18)20(24)26-16-10-5-4-6-11-16/h4-14,18H,1-3H3/t18-/m1/s1. The fraction of sp³-hybridized carbons (Fsp3) is 0.238. The summed E-state index contributed by atoms with van der Waals surface area (Å²) in [6.45, 7) is 3.53. The third-order valence-corrected chi connectivity index (χ3v) is 4.54. The molecule has 0 bridgehead atoms. The Morgan fingerprint density at radius 3 is 2.35 bits per heavy atom. The van der Waals surface area contributed by atoms with Gasteiger partial charge in [0.15, 0.2) is 0 Å². The third-order valence-electron chi connectivity index (χ3n) is 4.54. The molecular weight excluding hydrogens is 330 g/mol. The maximum atomic E-state index is 12.8. The number of hydrogen-bond acceptors (Lipinski definition) is 4. The van der Waals surface area contributed by atoms with Gasteiger partial charge >= 0.3 is 12.1 Å². The molecule has 5 nitrogen and oxygen atoms in total. The van der Waals surface area contributed by atoms with Crippen LogP contribution in [0.15, 0.2) is 60.8 Å². The summed E-state index contributed by atoms with van der Waals surface area (Å²) in [4.78, 5) is 26.7. The van der Waals surface area contributed by atoms with Gasteiger partial charge in [-0.3, -0.25) is 9.69 Å². The van der Waals surface area contributed by atoms with E-state index in [1.54, 1.807) is 44.3 Å². The Labute approximate surface area is 152 Å². The lowest BCUT2D eigenvalue weighted by atomic mass is 9.77. The van der Waals surface area contributed by atoms with Crippen LogP contribution in [0.1, 0.15) is 31.0 Å². The second kappa shape index (κ2) is 7.04. The average molecular weight is 351 g/mol. The minimum absolute atomic E-state index is 0.398. The van der Waals surface area contributed by atoms with Gasteiger partial charge in [-0.2, -0.15) is 0 Å². The van der Waals surface area contributed by atoms with Crippen molar-refractivity contribution < 1.29 is 19.1 Å². The van der Waals surface area contributed by atoms with Crippen LogP contribution in [-0.4, -0.2) is 24.1 Å². The Bertz CT molecular complexity index is 842. The van der Waals surface area contributed by atoms with E-state index >= 15 is 0 Å². The van der Waals surface area contributed by atoms with E-state index in [0.29, 0.717) is 5.75 Å². The van der Waals surface area contributed by atoms with E-state index in [1.807, 2.05) is 36.4 Å². The number of methoxy groups -OCH3 is 1. The number of amides is 1. The van der Waals surface area contributed by atoms with Crippen molar-refractivity contribution in [3.8, 4) is 5.75 Å². The van der Waals surface area contributed by atoms with Gasteiger partial charge in [0.25, 0.3) is 0 Å². The zero-order valence-corrected chi connectivity index (χ0v) is 15.0. The number of benzene rings is 2. The maximum Gasteiger partial charge on any atom is 0.419 e. The zero-order chi connectivity index (χ0) is 18.7. The second-order valence-corrected chi connectivity index (χ2v) is 6.65. The topological polar surface area (TPSA) is 55.8 Å². The lowest BCUT2D eigenvalue weighted by molar-refractivity contribution is -0.154. The summed E-state index contributed by atoms with van der Waals surface area (Å²) in [5.74, 6) is 0.0458. The van der Waals surface area contributed by atoms with Crippen molar-refractivity contribution in [2.45, 2.75) is 19.9 Å². The summed E-state index contributed by atoms with van der Waals surface area (Å²) in [6, 6.07) is 16.0. The van der Waals surface area contributed by atoms with Gasteiger partial charge in [0.1, 0.15) is 5.75 Å². The van der Waals surface area contributed by atoms with E-state index in [4.69, 9.17) is 9.47 Å². The molecule has 0 spiro atoms. The summed E-state index contributed by atoms with van der Waals surface area (Å²) >= 11 is 0. The van der Waals surface area contributed by atoms with Crippen molar-refractivity contribution in [2.75, 3.05) is 7.11 Å². The van der Waals surface area contributed by atoms with Crippen LogP contribution in [0.25, 0.3) is 6.08 Å². The number of esters is 1. The quantitative estimate of drug-likeness (QED) is 0.769. The molecule has 2 aromatic rings. The lowest BCUT2D eigenvalue weighted by Gasteiger charge is -2.40. The number of fused-ring (bicyclic) bond motifs is 1. The van der Waals surface area contributed by atoms with Gasteiger partial charge in [0.05, 0.1) is 18.6 Å². The molecule has 2 aromatic carbocycles. The molecule has 1 amide bonds. The predicted octanol–water partition coefficient (Wildman–Crippen LogP) is 4.41. The van der Waals surface area contributed by atoms with Crippen molar-refractivity contribution in [1.82, 2.24) is 4.90 Å². The van der Waals surface area contributed by atoms with Crippen molar-refractivity contribution in [2.24, 2.45) is 5.41 Å². The van der Waals surface area contributed by atoms with Crippen LogP contribution in [-0.2, 0) is 9.53 Å². The van der Waals surface area contributed by atoms with Crippen LogP contribution in [0.3, 0.4) is 0 Å². The average Bonchev–Trinajstić information content (AvgIpc) is 2.66. The van der Waals surface area contributed by atoms with Crippen LogP contribution in [0.2, 0.25) is 0 Å². The smallest absolute Gasteiger partial charge is 0.419 e. The normalized spacial score (nSPS) is 16.0. The molecule has 0 unspecified atom stereocenters. The van der Waals surface area contributed by atoms with E-state index in [0.717, 1.165) is 11.1 Å². The summed E-state index contributed by atoms with van der Waals surface area (Å²) in [7, 11) is 1.35. The van der Waals surface area contributed by atoms with Crippen molar-refractivity contribution in [1.29, 1.82) is 0 Å². The van der Waals surface area contributed by atoms with Crippen LogP contribution in [0.5, 0.6) is 5.75 Å². The molecule has 0 saturated carbocycles. The minimum Gasteiger partial charge on any atom is -0.469 e. The molecule has 0 fully saturated rings. The first-order valence-electron chi connectivity index (χ1n) is 8.36.